The van der Waals surface area contributed by atoms with Crippen LogP contribution in [-0.2, 0) is 46.9 Å². The highest BCUT2D eigenvalue weighted by Gasteiger charge is 2.40. The SMILES string of the molecule is CCC1Cc2cccnc2CN(Cc2cc(C(OCc3cn(CC)nn3)C(C)(C)C(=O)OC)ccc2C)C1. The van der Waals surface area contributed by atoms with Crippen molar-refractivity contribution in [1.82, 2.24) is 24.9 Å². The van der Waals surface area contributed by atoms with Crippen LogP contribution in [0.25, 0.3) is 0 Å². The van der Waals surface area contributed by atoms with Crippen LogP contribution < -0.4 is 0 Å². The Morgan fingerprint density at radius 1 is 1.24 bits per heavy atom. The predicted molar refractivity (Wildman–Crippen MR) is 146 cm³/mol. The fourth-order valence-corrected chi connectivity index (χ4v) is 5.30. The van der Waals surface area contributed by atoms with Gasteiger partial charge in [-0.2, -0.15) is 0 Å². The average Bonchev–Trinajstić information content (AvgIpc) is 3.30. The summed E-state index contributed by atoms with van der Waals surface area (Å²) >= 11 is 0. The molecule has 0 radical (unpaired) electrons. The molecule has 8 heteroatoms. The van der Waals surface area contributed by atoms with Crippen LogP contribution in [0.2, 0.25) is 0 Å². The highest BCUT2D eigenvalue weighted by molar-refractivity contribution is 5.77. The summed E-state index contributed by atoms with van der Waals surface area (Å²) in [5.41, 5.74) is 5.75. The minimum absolute atomic E-state index is 0.251. The largest absolute Gasteiger partial charge is 0.469 e. The maximum atomic E-state index is 12.9. The first-order valence-electron chi connectivity index (χ1n) is 13.6. The van der Waals surface area contributed by atoms with Gasteiger partial charge < -0.3 is 9.47 Å². The number of nitrogens with zero attached hydrogens (tertiary/aromatic N) is 5. The molecule has 3 aromatic rings. The molecule has 2 atom stereocenters. The maximum Gasteiger partial charge on any atom is 0.314 e. The van der Waals surface area contributed by atoms with E-state index in [-0.39, 0.29) is 12.6 Å². The number of rotatable bonds is 10. The summed E-state index contributed by atoms with van der Waals surface area (Å²) in [6.07, 6.45) is 5.45. The molecule has 0 saturated heterocycles. The summed E-state index contributed by atoms with van der Waals surface area (Å²) < 4.78 is 13.3. The third-order valence-corrected chi connectivity index (χ3v) is 7.71. The van der Waals surface area contributed by atoms with Crippen LogP contribution in [0, 0.1) is 18.3 Å². The van der Waals surface area contributed by atoms with E-state index in [9.17, 15) is 4.79 Å². The van der Waals surface area contributed by atoms with Gasteiger partial charge in [-0.05, 0) is 68.4 Å². The minimum Gasteiger partial charge on any atom is -0.469 e. The lowest BCUT2D eigenvalue weighted by Gasteiger charge is -2.32. The number of carbonyl (C=O) groups is 1. The van der Waals surface area contributed by atoms with E-state index in [4.69, 9.17) is 14.5 Å². The van der Waals surface area contributed by atoms with E-state index >= 15 is 0 Å². The van der Waals surface area contributed by atoms with Gasteiger partial charge in [0.05, 0.1) is 37.1 Å². The Labute approximate surface area is 226 Å². The number of benzene rings is 1. The summed E-state index contributed by atoms with van der Waals surface area (Å²) in [5.74, 6) is 0.276. The van der Waals surface area contributed by atoms with E-state index in [0.717, 1.165) is 50.3 Å². The van der Waals surface area contributed by atoms with Gasteiger partial charge in [-0.1, -0.05) is 42.8 Å². The third-order valence-electron chi connectivity index (χ3n) is 7.71. The molecule has 0 spiro atoms. The van der Waals surface area contributed by atoms with Crippen molar-refractivity contribution in [2.24, 2.45) is 11.3 Å². The van der Waals surface area contributed by atoms with Gasteiger partial charge in [0.15, 0.2) is 0 Å². The van der Waals surface area contributed by atoms with E-state index < -0.39 is 11.5 Å². The monoisotopic (exact) mass is 519 g/mol. The standard InChI is InChI=1S/C30H41N5O3/c1-7-22-14-23-10-9-13-31-27(23)19-34(16-22)17-25-15-24(12-11-21(25)3)28(30(4,5)29(36)37-6)38-20-26-18-35(8-2)33-32-26/h9-13,15,18,22,28H,7-8,14,16-17,19-20H2,1-6H3. The van der Waals surface area contributed by atoms with E-state index in [0.29, 0.717) is 5.92 Å². The molecule has 0 fully saturated rings. The van der Waals surface area contributed by atoms with Gasteiger partial charge in [-0.15, -0.1) is 5.10 Å². The normalized spacial score (nSPS) is 17.1. The quantitative estimate of drug-likeness (QED) is 0.347. The van der Waals surface area contributed by atoms with Crippen molar-refractivity contribution < 1.29 is 14.3 Å². The first-order chi connectivity index (χ1) is 18.2. The molecule has 2 unspecified atom stereocenters. The Hall–Kier alpha value is -3.10. The van der Waals surface area contributed by atoms with Gasteiger partial charge in [-0.25, -0.2) is 0 Å². The molecular formula is C30H41N5O3. The summed E-state index contributed by atoms with van der Waals surface area (Å²) in [6.45, 7) is 13.8. The average molecular weight is 520 g/mol. The molecule has 3 heterocycles. The van der Waals surface area contributed by atoms with Crippen molar-refractivity contribution in [3.05, 3.63) is 76.4 Å². The van der Waals surface area contributed by atoms with Gasteiger partial charge in [0, 0.05) is 32.4 Å². The second-order valence-electron chi connectivity index (χ2n) is 10.9. The van der Waals surface area contributed by atoms with Crippen LogP contribution >= 0.6 is 0 Å². The van der Waals surface area contributed by atoms with Crippen LogP contribution in [0.3, 0.4) is 0 Å². The number of hydrogen-bond donors (Lipinski definition) is 0. The van der Waals surface area contributed by atoms with E-state index in [2.05, 4.69) is 53.3 Å². The lowest BCUT2D eigenvalue weighted by molar-refractivity contribution is -0.162. The molecule has 0 bridgehead atoms. The van der Waals surface area contributed by atoms with E-state index in [1.807, 2.05) is 39.2 Å². The first-order valence-corrected chi connectivity index (χ1v) is 13.6. The molecule has 1 aliphatic rings. The molecule has 1 aromatic carbocycles. The van der Waals surface area contributed by atoms with Crippen LogP contribution in [0.5, 0.6) is 0 Å². The maximum absolute atomic E-state index is 12.9. The summed E-state index contributed by atoms with van der Waals surface area (Å²) in [7, 11) is 1.42. The number of ether oxygens (including phenoxy) is 2. The van der Waals surface area contributed by atoms with Crippen LogP contribution in [0.15, 0.2) is 42.7 Å². The summed E-state index contributed by atoms with van der Waals surface area (Å²) in [5, 5.41) is 8.32. The van der Waals surface area contributed by atoms with E-state index in [1.165, 1.54) is 29.5 Å². The first kappa shape index (κ1) is 27.9. The highest BCUT2D eigenvalue weighted by atomic mass is 16.5. The fraction of sp³-hybridized carbons (Fsp3) is 0.533. The van der Waals surface area contributed by atoms with Crippen molar-refractivity contribution in [2.45, 2.75) is 79.8 Å². The number of esters is 1. The Balaban J connectivity index is 1.62. The summed E-state index contributed by atoms with van der Waals surface area (Å²) in [4.78, 5) is 20.1. The Kier molecular flexibility index (Phi) is 8.95. The Morgan fingerprint density at radius 2 is 2.05 bits per heavy atom. The minimum atomic E-state index is -0.902. The lowest BCUT2D eigenvalue weighted by Crippen LogP contribution is -2.34. The van der Waals surface area contributed by atoms with Crippen molar-refractivity contribution >= 4 is 5.97 Å². The molecule has 2 aromatic heterocycles. The van der Waals surface area contributed by atoms with Crippen molar-refractivity contribution in [3.63, 3.8) is 0 Å². The molecular weight excluding hydrogens is 478 g/mol. The molecule has 0 amide bonds. The zero-order chi connectivity index (χ0) is 27.3. The number of aryl methyl sites for hydroxylation is 2. The molecule has 1 aliphatic heterocycles. The van der Waals surface area contributed by atoms with Gasteiger partial charge in [0.1, 0.15) is 5.69 Å². The number of methoxy groups -OCH3 is 1. The zero-order valence-electron chi connectivity index (χ0n) is 23.6. The Bertz CT molecular complexity index is 1240. The number of pyridine rings is 1. The smallest absolute Gasteiger partial charge is 0.314 e. The van der Waals surface area contributed by atoms with Crippen LogP contribution in [0.4, 0.5) is 0 Å². The van der Waals surface area contributed by atoms with Gasteiger partial charge >= 0.3 is 5.97 Å². The van der Waals surface area contributed by atoms with Crippen molar-refractivity contribution in [3.8, 4) is 0 Å². The molecule has 4 rings (SSSR count). The number of carbonyl (C=O) groups excluding carboxylic acids is 1. The third kappa shape index (κ3) is 6.30. The van der Waals surface area contributed by atoms with E-state index in [1.54, 1.807) is 4.68 Å². The summed E-state index contributed by atoms with van der Waals surface area (Å²) in [6, 6.07) is 10.6. The second kappa shape index (κ2) is 12.2. The van der Waals surface area contributed by atoms with Gasteiger partial charge in [0.25, 0.3) is 0 Å². The van der Waals surface area contributed by atoms with Gasteiger partial charge in [-0.3, -0.25) is 19.4 Å². The van der Waals surface area contributed by atoms with Gasteiger partial charge in [0.2, 0.25) is 0 Å². The zero-order valence-corrected chi connectivity index (χ0v) is 23.6. The second-order valence-corrected chi connectivity index (χ2v) is 10.9. The number of fused-ring (bicyclic) bond motifs is 1. The van der Waals surface area contributed by atoms with Crippen molar-refractivity contribution in [1.29, 1.82) is 0 Å². The number of aromatic nitrogens is 4. The Morgan fingerprint density at radius 3 is 2.76 bits per heavy atom. The molecule has 38 heavy (non-hydrogen) atoms. The topological polar surface area (TPSA) is 82.4 Å². The van der Waals surface area contributed by atoms with Crippen LogP contribution in [-0.4, -0.2) is 44.5 Å². The number of hydrogen-bond acceptors (Lipinski definition) is 7. The molecule has 8 nitrogen and oxygen atoms in total. The van der Waals surface area contributed by atoms with Crippen molar-refractivity contribution in [2.75, 3.05) is 13.7 Å². The molecule has 0 saturated carbocycles. The fourth-order valence-electron chi connectivity index (χ4n) is 5.30. The van der Waals surface area contributed by atoms with Crippen LogP contribution in [0.1, 0.15) is 73.9 Å². The predicted octanol–water partition coefficient (Wildman–Crippen LogP) is 5.04. The molecule has 0 aliphatic carbocycles. The molecule has 0 N–H and O–H groups in total. The molecule has 204 valence electrons. The lowest BCUT2D eigenvalue weighted by atomic mass is 9.81. The highest BCUT2D eigenvalue weighted by Crippen LogP contribution is 2.39.